The van der Waals surface area contributed by atoms with Crippen LogP contribution in [0.25, 0.3) is 5.69 Å². The highest BCUT2D eigenvalue weighted by atomic mass is 16.4. The number of nitrogens with two attached hydrogens (primary N) is 1. The van der Waals surface area contributed by atoms with Crippen LogP contribution in [0.2, 0.25) is 0 Å². The number of aromatic nitrogens is 2. The molecule has 5 nitrogen and oxygen atoms in total. The molecular formula is C13H15N3O2. The summed E-state index contributed by atoms with van der Waals surface area (Å²) in [4.78, 5) is 11.2. The van der Waals surface area contributed by atoms with Gasteiger partial charge in [0.05, 0.1) is 16.9 Å². The van der Waals surface area contributed by atoms with Crippen molar-refractivity contribution in [2.45, 2.75) is 19.8 Å². The van der Waals surface area contributed by atoms with Crippen LogP contribution in [0.1, 0.15) is 35.8 Å². The molecule has 0 unspecified atom stereocenters. The fourth-order valence-electron chi connectivity index (χ4n) is 1.70. The van der Waals surface area contributed by atoms with Crippen LogP contribution in [0.4, 0.5) is 5.69 Å². The van der Waals surface area contributed by atoms with Gasteiger partial charge < -0.3 is 10.8 Å². The lowest BCUT2D eigenvalue weighted by atomic mass is 10.1. The molecule has 0 aliphatic heterocycles. The normalized spacial score (nSPS) is 10.8. The summed E-state index contributed by atoms with van der Waals surface area (Å²) in [7, 11) is 0. The monoisotopic (exact) mass is 245 g/mol. The molecule has 0 aliphatic carbocycles. The number of hydrogen-bond acceptors (Lipinski definition) is 3. The number of aromatic carboxylic acids is 1. The molecule has 1 aromatic heterocycles. The molecule has 0 saturated carbocycles. The smallest absolute Gasteiger partial charge is 0.337 e. The topological polar surface area (TPSA) is 81.1 Å². The van der Waals surface area contributed by atoms with E-state index in [0.29, 0.717) is 17.3 Å². The maximum absolute atomic E-state index is 11.2. The van der Waals surface area contributed by atoms with E-state index in [4.69, 9.17) is 5.73 Å². The minimum absolute atomic E-state index is 0.147. The third-order valence-electron chi connectivity index (χ3n) is 2.70. The predicted octanol–water partition coefficient (Wildman–Crippen LogP) is 2.28. The van der Waals surface area contributed by atoms with Crippen LogP contribution in [-0.2, 0) is 0 Å². The molecule has 0 aliphatic rings. The molecule has 2 rings (SSSR count). The Labute approximate surface area is 105 Å². The molecule has 0 spiro atoms. The van der Waals surface area contributed by atoms with Crippen molar-refractivity contribution in [3.63, 3.8) is 0 Å². The van der Waals surface area contributed by atoms with E-state index in [9.17, 15) is 9.90 Å². The molecule has 0 fully saturated rings. The first-order valence-electron chi connectivity index (χ1n) is 5.68. The molecule has 0 amide bonds. The van der Waals surface area contributed by atoms with Gasteiger partial charge >= 0.3 is 5.97 Å². The number of benzene rings is 1. The zero-order valence-corrected chi connectivity index (χ0v) is 10.3. The first kappa shape index (κ1) is 12.2. The summed E-state index contributed by atoms with van der Waals surface area (Å²) >= 11 is 0. The molecule has 1 aromatic carbocycles. The van der Waals surface area contributed by atoms with Gasteiger partial charge in [-0.25, -0.2) is 9.48 Å². The van der Waals surface area contributed by atoms with E-state index < -0.39 is 5.97 Å². The fraction of sp³-hybridized carbons (Fsp3) is 0.231. The van der Waals surface area contributed by atoms with Gasteiger partial charge in [0.15, 0.2) is 0 Å². The van der Waals surface area contributed by atoms with Crippen LogP contribution in [0.5, 0.6) is 0 Å². The molecule has 3 N–H and O–H groups in total. The number of carboxylic acid groups (broad SMARTS) is 1. The lowest BCUT2D eigenvalue weighted by Crippen LogP contribution is -2.07. The van der Waals surface area contributed by atoms with E-state index in [2.05, 4.69) is 5.10 Å². The van der Waals surface area contributed by atoms with E-state index in [1.54, 1.807) is 23.0 Å². The quantitative estimate of drug-likeness (QED) is 0.813. The van der Waals surface area contributed by atoms with Gasteiger partial charge in [-0.2, -0.15) is 5.10 Å². The van der Waals surface area contributed by atoms with Gasteiger partial charge in [-0.05, 0) is 30.2 Å². The number of hydrogen-bond donors (Lipinski definition) is 2. The predicted molar refractivity (Wildman–Crippen MR) is 69.0 cm³/mol. The van der Waals surface area contributed by atoms with Crippen LogP contribution >= 0.6 is 0 Å². The van der Waals surface area contributed by atoms with Crippen molar-refractivity contribution in [3.8, 4) is 5.69 Å². The van der Waals surface area contributed by atoms with Crippen LogP contribution in [0.3, 0.4) is 0 Å². The van der Waals surface area contributed by atoms with Crippen LogP contribution in [-0.4, -0.2) is 20.9 Å². The van der Waals surface area contributed by atoms with Gasteiger partial charge in [-0.1, -0.05) is 13.8 Å². The first-order valence-corrected chi connectivity index (χ1v) is 5.68. The van der Waals surface area contributed by atoms with Crippen molar-refractivity contribution in [1.29, 1.82) is 0 Å². The van der Waals surface area contributed by atoms with E-state index in [1.165, 1.54) is 6.07 Å². The van der Waals surface area contributed by atoms with E-state index >= 15 is 0 Å². The van der Waals surface area contributed by atoms with Crippen LogP contribution < -0.4 is 5.73 Å². The lowest BCUT2D eigenvalue weighted by molar-refractivity contribution is 0.0697. The van der Waals surface area contributed by atoms with Crippen molar-refractivity contribution < 1.29 is 9.90 Å². The number of rotatable bonds is 3. The third kappa shape index (κ3) is 2.20. The minimum Gasteiger partial charge on any atom is -0.478 e. The summed E-state index contributed by atoms with van der Waals surface area (Å²) < 4.78 is 1.57. The molecule has 5 heteroatoms. The van der Waals surface area contributed by atoms with Crippen molar-refractivity contribution >= 4 is 11.7 Å². The maximum Gasteiger partial charge on any atom is 0.337 e. The summed E-state index contributed by atoms with van der Waals surface area (Å²) in [5, 5.41) is 13.5. The molecule has 18 heavy (non-hydrogen) atoms. The number of anilines is 1. The van der Waals surface area contributed by atoms with Gasteiger partial charge in [0.2, 0.25) is 0 Å². The van der Waals surface area contributed by atoms with Crippen LogP contribution in [0, 0.1) is 0 Å². The number of nitrogens with zero attached hydrogens (tertiary/aromatic N) is 2. The number of carboxylic acids is 1. The highest BCUT2D eigenvalue weighted by Crippen LogP contribution is 2.19. The van der Waals surface area contributed by atoms with Crippen molar-refractivity contribution in [2.24, 2.45) is 0 Å². The molecule has 0 radical (unpaired) electrons. The van der Waals surface area contributed by atoms with Gasteiger partial charge in [0, 0.05) is 11.9 Å². The molecule has 0 bridgehead atoms. The SMILES string of the molecule is CC(C)c1ccn(-c2ccc(N)cc2C(=O)O)n1. The summed E-state index contributed by atoms with van der Waals surface area (Å²) in [6, 6.07) is 6.65. The molecule has 0 saturated heterocycles. The number of nitrogen functional groups attached to an aromatic ring is 1. The second-order valence-electron chi connectivity index (χ2n) is 4.42. The Morgan fingerprint density at radius 2 is 2.11 bits per heavy atom. The minimum atomic E-state index is -1.01. The van der Waals surface area contributed by atoms with Gasteiger partial charge in [-0.15, -0.1) is 0 Å². The summed E-state index contributed by atoms with van der Waals surface area (Å²) in [5.41, 5.74) is 7.61. The Bertz CT molecular complexity index is 588. The second-order valence-corrected chi connectivity index (χ2v) is 4.42. The van der Waals surface area contributed by atoms with Crippen molar-refractivity contribution in [1.82, 2.24) is 9.78 Å². The zero-order chi connectivity index (χ0) is 13.3. The summed E-state index contributed by atoms with van der Waals surface area (Å²) in [6.07, 6.45) is 1.76. The first-order chi connectivity index (χ1) is 8.49. The highest BCUT2D eigenvalue weighted by Gasteiger charge is 2.13. The van der Waals surface area contributed by atoms with Gasteiger partial charge in [-0.3, -0.25) is 0 Å². The second kappa shape index (κ2) is 4.52. The fourth-order valence-corrected chi connectivity index (χ4v) is 1.70. The number of carbonyl (C=O) groups is 1. The molecular weight excluding hydrogens is 230 g/mol. The van der Waals surface area contributed by atoms with Gasteiger partial charge in [0.1, 0.15) is 0 Å². The maximum atomic E-state index is 11.2. The summed E-state index contributed by atoms with van der Waals surface area (Å²) in [5.74, 6) is -0.716. The standard InChI is InChI=1S/C13H15N3O2/c1-8(2)11-5-6-16(15-11)12-4-3-9(14)7-10(12)13(17)18/h3-8H,14H2,1-2H3,(H,17,18). The zero-order valence-electron chi connectivity index (χ0n) is 10.3. The van der Waals surface area contributed by atoms with Crippen molar-refractivity contribution in [2.75, 3.05) is 5.73 Å². The highest BCUT2D eigenvalue weighted by molar-refractivity contribution is 5.93. The largest absolute Gasteiger partial charge is 0.478 e. The Kier molecular flexibility index (Phi) is 3.06. The molecule has 2 aromatic rings. The van der Waals surface area contributed by atoms with Gasteiger partial charge in [0.25, 0.3) is 0 Å². The van der Waals surface area contributed by atoms with E-state index in [-0.39, 0.29) is 5.56 Å². The Morgan fingerprint density at radius 1 is 1.39 bits per heavy atom. The van der Waals surface area contributed by atoms with E-state index in [1.807, 2.05) is 19.9 Å². The Morgan fingerprint density at radius 3 is 2.67 bits per heavy atom. The van der Waals surface area contributed by atoms with Crippen LogP contribution in [0.15, 0.2) is 30.5 Å². The lowest BCUT2D eigenvalue weighted by Gasteiger charge is -2.07. The molecule has 0 atom stereocenters. The third-order valence-corrected chi connectivity index (χ3v) is 2.70. The Balaban J connectivity index is 2.52. The van der Waals surface area contributed by atoms with E-state index in [0.717, 1.165) is 5.69 Å². The Hall–Kier alpha value is -2.30. The van der Waals surface area contributed by atoms with Crippen molar-refractivity contribution in [3.05, 3.63) is 41.7 Å². The average molecular weight is 245 g/mol. The molecule has 94 valence electrons. The molecule has 1 heterocycles. The average Bonchev–Trinajstić information content (AvgIpc) is 2.78. The summed E-state index contributed by atoms with van der Waals surface area (Å²) in [6.45, 7) is 4.07.